The molecule has 4 unspecified atom stereocenters. The van der Waals surface area contributed by atoms with Gasteiger partial charge in [0.2, 0.25) is 0 Å². The first-order valence-electron chi connectivity index (χ1n) is 8.56. The average molecular weight is 302 g/mol. The van der Waals surface area contributed by atoms with E-state index < -0.39 is 10.8 Å². The summed E-state index contributed by atoms with van der Waals surface area (Å²) in [5.74, 6) is 1.60. The largest absolute Gasteiger partial charge is 0.313 e. The van der Waals surface area contributed by atoms with Gasteiger partial charge in [0, 0.05) is 22.6 Å². The second-order valence-corrected chi connectivity index (χ2v) is 8.81. The first kappa shape index (κ1) is 18.2. The standard InChI is InChI=1S/C17H35NOS/c1-6-11-18-15-10-9-14(17(4,5)8-3)13-16(15)20(19)12-7-2/h14-16,18H,6-13H2,1-5H3. The van der Waals surface area contributed by atoms with E-state index in [2.05, 4.69) is 39.9 Å². The molecule has 120 valence electrons. The summed E-state index contributed by atoms with van der Waals surface area (Å²) in [5.41, 5.74) is 0.393. The van der Waals surface area contributed by atoms with E-state index in [0.29, 0.717) is 16.7 Å². The van der Waals surface area contributed by atoms with Gasteiger partial charge in [-0.15, -0.1) is 0 Å². The maximum absolute atomic E-state index is 12.6. The van der Waals surface area contributed by atoms with Gasteiger partial charge in [-0.05, 0) is 50.0 Å². The summed E-state index contributed by atoms with van der Waals surface area (Å²) in [5, 5.41) is 4.02. The molecule has 0 saturated heterocycles. The predicted molar refractivity (Wildman–Crippen MR) is 90.6 cm³/mol. The van der Waals surface area contributed by atoms with Crippen molar-refractivity contribution in [1.82, 2.24) is 5.32 Å². The molecule has 4 atom stereocenters. The molecule has 0 bridgehead atoms. The Morgan fingerprint density at radius 3 is 2.40 bits per heavy atom. The normalized spacial score (nSPS) is 29.4. The van der Waals surface area contributed by atoms with Gasteiger partial charge in [0.1, 0.15) is 0 Å². The Bertz CT molecular complexity index is 303. The van der Waals surface area contributed by atoms with Crippen LogP contribution in [0.4, 0.5) is 0 Å². The van der Waals surface area contributed by atoms with E-state index in [1.54, 1.807) is 0 Å². The zero-order valence-electron chi connectivity index (χ0n) is 14.2. The van der Waals surface area contributed by atoms with Crippen LogP contribution in [0.2, 0.25) is 0 Å². The summed E-state index contributed by atoms with van der Waals surface area (Å²) in [4.78, 5) is 0. The lowest BCUT2D eigenvalue weighted by atomic mass is 9.68. The molecule has 1 rings (SSSR count). The Morgan fingerprint density at radius 1 is 1.15 bits per heavy atom. The highest BCUT2D eigenvalue weighted by Crippen LogP contribution is 2.41. The molecule has 1 saturated carbocycles. The van der Waals surface area contributed by atoms with Crippen molar-refractivity contribution in [3.8, 4) is 0 Å². The Kier molecular flexibility index (Phi) is 7.74. The predicted octanol–water partition coefficient (Wildman–Crippen LogP) is 4.12. The fourth-order valence-electron chi connectivity index (χ4n) is 3.33. The number of hydrogen-bond acceptors (Lipinski definition) is 2. The van der Waals surface area contributed by atoms with Crippen LogP contribution >= 0.6 is 0 Å². The van der Waals surface area contributed by atoms with Crippen LogP contribution in [-0.4, -0.2) is 27.8 Å². The van der Waals surface area contributed by atoms with Crippen molar-refractivity contribution in [2.24, 2.45) is 11.3 Å². The van der Waals surface area contributed by atoms with Crippen LogP contribution in [0.25, 0.3) is 0 Å². The van der Waals surface area contributed by atoms with Crippen LogP contribution in [0.15, 0.2) is 0 Å². The molecule has 0 aromatic rings. The highest BCUT2D eigenvalue weighted by molar-refractivity contribution is 7.85. The first-order valence-corrected chi connectivity index (χ1v) is 9.95. The van der Waals surface area contributed by atoms with Crippen LogP contribution in [0.1, 0.15) is 73.1 Å². The second-order valence-electron chi connectivity index (χ2n) is 7.04. The summed E-state index contributed by atoms with van der Waals surface area (Å²) in [6.07, 6.45) is 7.06. The fourth-order valence-corrected chi connectivity index (χ4v) is 5.08. The lowest BCUT2D eigenvalue weighted by Crippen LogP contribution is -2.49. The molecule has 0 aliphatic heterocycles. The summed E-state index contributed by atoms with van der Waals surface area (Å²) in [6, 6.07) is 0.478. The summed E-state index contributed by atoms with van der Waals surface area (Å²) in [6.45, 7) is 12.5. The van der Waals surface area contributed by atoms with Crippen LogP contribution in [0.5, 0.6) is 0 Å². The molecule has 0 amide bonds. The van der Waals surface area contributed by atoms with Crippen molar-refractivity contribution in [2.45, 2.75) is 84.4 Å². The van der Waals surface area contributed by atoms with Crippen molar-refractivity contribution >= 4 is 10.8 Å². The summed E-state index contributed by atoms with van der Waals surface area (Å²) >= 11 is 0. The monoisotopic (exact) mass is 301 g/mol. The van der Waals surface area contributed by atoms with Crippen molar-refractivity contribution < 1.29 is 4.21 Å². The Morgan fingerprint density at radius 2 is 1.85 bits per heavy atom. The van der Waals surface area contributed by atoms with Gasteiger partial charge in [-0.2, -0.15) is 0 Å². The lowest BCUT2D eigenvalue weighted by Gasteiger charge is -2.43. The van der Waals surface area contributed by atoms with E-state index in [-0.39, 0.29) is 0 Å². The molecule has 1 aliphatic carbocycles. The Hall–Kier alpha value is 0.110. The third-order valence-corrected chi connectivity index (χ3v) is 7.21. The molecule has 3 heteroatoms. The van der Waals surface area contributed by atoms with E-state index in [4.69, 9.17) is 0 Å². The van der Waals surface area contributed by atoms with Crippen LogP contribution in [0, 0.1) is 11.3 Å². The van der Waals surface area contributed by atoms with Gasteiger partial charge in [0.15, 0.2) is 0 Å². The molecular weight excluding hydrogens is 266 g/mol. The van der Waals surface area contributed by atoms with E-state index in [1.165, 1.54) is 19.3 Å². The van der Waals surface area contributed by atoms with E-state index in [0.717, 1.165) is 37.5 Å². The molecule has 0 spiro atoms. The van der Waals surface area contributed by atoms with Crippen LogP contribution < -0.4 is 5.32 Å². The molecule has 0 heterocycles. The minimum Gasteiger partial charge on any atom is -0.313 e. The molecule has 1 fully saturated rings. The topological polar surface area (TPSA) is 29.1 Å². The maximum atomic E-state index is 12.6. The van der Waals surface area contributed by atoms with Gasteiger partial charge in [-0.3, -0.25) is 4.21 Å². The molecule has 2 nitrogen and oxygen atoms in total. The van der Waals surface area contributed by atoms with Crippen molar-refractivity contribution in [3.63, 3.8) is 0 Å². The molecule has 0 aromatic heterocycles. The fraction of sp³-hybridized carbons (Fsp3) is 1.00. The van der Waals surface area contributed by atoms with Gasteiger partial charge in [-0.25, -0.2) is 0 Å². The number of hydrogen-bond donors (Lipinski definition) is 1. The highest BCUT2D eigenvalue weighted by atomic mass is 32.2. The van der Waals surface area contributed by atoms with Gasteiger partial charge in [0.05, 0.1) is 5.25 Å². The van der Waals surface area contributed by atoms with Gasteiger partial charge < -0.3 is 5.32 Å². The minimum atomic E-state index is -0.660. The Labute approximate surface area is 128 Å². The quantitative estimate of drug-likeness (QED) is 0.730. The zero-order chi connectivity index (χ0) is 15.2. The van der Waals surface area contributed by atoms with Crippen molar-refractivity contribution in [1.29, 1.82) is 0 Å². The van der Waals surface area contributed by atoms with Crippen molar-refractivity contribution in [3.05, 3.63) is 0 Å². The van der Waals surface area contributed by atoms with Gasteiger partial charge >= 0.3 is 0 Å². The molecule has 1 N–H and O–H groups in total. The van der Waals surface area contributed by atoms with Gasteiger partial charge in [-0.1, -0.05) is 41.0 Å². The number of rotatable bonds is 8. The molecule has 20 heavy (non-hydrogen) atoms. The summed E-state index contributed by atoms with van der Waals surface area (Å²) in [7, 11) is -0.660. The zero-order valence-corrected chi connectivity index (χ0v) is 15.0. The average Bonchev–Trinajstić information content (AvgIpc) is 2.45. The highest BCUT2D eigenvalue weighted by Gasteiger charge is 2.39. The van der Waals surface area contributed by atoms with E-state index in [1.807, 2.05) is 0 Å². The van der Waals surface area contributed by atoms with Crippen LogP contribution in [0.3, 0.4) is 0 Å². The van der Waals surface area contributed by atoms with E-state index in [9.17, 15) is 4.21 Å². The van der Waals surface area contributed by atoms with Gasteiger partial charge in [0.25, 0.3) is 0 Å². The SMILES string of the molecule is CCCNC1CCC(C(C)(C)CC)CC1S(=O)CCC. The third kappa shape index (κ3) is 4.84. The van der Waals surface area contributed by atoms with Crippen molar-refractivity contribution in [2.75, 3.05) is 12.3 Å². The Balaban J connectivity index is 2.74. The smallest absolute Gasteiger partial charge is 0.0504 e. The van der Waals surface area contributed by atoms with E-state index >= 15 is 0 Å². The molecule has 0 aromatic carbocycles. The molecular formula is C17H35NOS. The first-order chi connectivity index (χ1) is 9.46. The third-order valence-electron chi connectivity index (χ3n) is 5.21. The summed E-state index contributed by atoms with van der Waals surface area (Å²) < 4.78 is 12.6. The maximum Gasteiger partial charge on any atom is 0.0504 e. The molecule has 1 aliphatic rings. The minimum absolute atomic E-state index is 0.367. The number of nitrogens with one attached hydrogen (secondary N) is 1. The van der Waals surface area contributed by atoms with Crippen LogP contribution in [-0.2, 0) is 10.8 Å². The lowest BCUT2D eigenvalue weighted by molar-refractivity contribution is 0.140. The molecule has 0 radical (unpaired) electrons. The second kappa shape index (κ2) is 8.53.